The maximum atomic E-state index is 2.52. The van der Waals surface area contributed by atoms with Crippen LogP contribution in [-0.4, -0.2) is 17.5 Å². The Hall–Kier alpha value is -0.820. The van der Waals surface area contributed by atoms with Crippen LogP contribution in [0.1, 0.15) is 24.0 Å². The highest BCUT2D eigenvalue weighted by Gasteiger charge is 2.31. The molecule has 2 aliphatic rings. The van der Waals surface area contributed by atoms with Crippen molar-refractivity contribution in [1.82, 2.24) is 4.90 Å². The van der Waals surface area contributed by atoms with E-state index in [0.29, 0.717) is 0 Å². The summed E-state index contributed by atoms with van der Waals surface area (Å²) >= 11 is 0. The zero-order valence-electron chi connectivity index (χ0n) is 7.74. The van der Waals surface area contributed by atoms with Crippen LogP contribution in [0.4, 0.5) is 0 Å². The minimum Gasteiger partial charge on any atom is -0.291 e. The molecular formula is C12H14N. The van der Waals surface area contributed by atoms with E-state index in [1.807, 2.05) is 0 Å². The third-order valence-corrected chi connectivity index (χ3v) is 3.02. The summed E-state index contributed by atoms with van der Waals surface area (Å²) < 4.78 is 0. The molecule has 0 N–H and O–H groups in total. The molecule has 0 atom stereocenters. The second-order valence-corrected chi connectivity index (χ2v) is 4.05. The predicted octanol–water partition coefficient (Wildman–Crippen LogP) is 2.22. The van der Waals surface area contributed by atoms with Crippen molar-refractivity contribution in [2.45, 2.75) is 25.3 Å². The number of hydrogen-bond donors (Lipinski definition) is 0. The van der Waals surface area contributed by atoms with E-state index in [1.165, 1.54) is 36.9 Å². The average Bonchev–Trinajstić information content (AvgIpc) is 3.00. The Morgan fingerprint density at radius 2 is 2.00 bits per heavy atom. The van der Waals surface area contributed by atoms with Crippen LogP contribution in [0.5, 0.6) is 0 Å². The molecule has 1 aromatic rings. The molecule has 1 heteroatoms. The number of benzene rings is 1. The standard InChI is InChI=1S/C12H14N/c1-2-4-11-9-13(12-5-6-12)8-7-10(11)3-1/h1-4,9,12H,5-8H2. The largest absolute Gasteiger partial charge is 0.291 e. The molecule has 0 aromatic heterocycles. The Labute approximate surface area is 79.4 Å². The molecule has 1 aromatic carbocycles. The summed E-state index contributed by atoms with van der Waals surface area (Å²) in [6.07, 6.45) is 4.03. The second kappa shape index (κ2) is 2.85. The molecule has 1 aliphatic heterocycles. The Bertz CT molecular complexity index is 315. The highest BCUT2D eigenvalue weighted by Crippen LogP contribution is 2.32. The van der Waals surface area contributed by atoms with E-state index in [2.05, 4.69) is 35.7 Å². The lowest BCUT2D eigenvalue weighted by molar-refractivity contribution is 0.325. The zero-order valence-corrected chi connectivity index (χ0v) is 7.74. The van der Waals surface area contributed by atoms with E-state index in [-0.39, 0.29) is 0 Å². The molecule has 0 unspecified atom stereocenters. The summed E-state index contributed by atoms with van der Waals surface area (Å²) in [5.41, 5.74) is 2.94. The van der Waals surface area contributed by atoms with Gasteiger partial charge in [0.25, 0.3) is 0 Å². The van der Waals surface area contributed by atoms with Gasteiger partial charge in [0.2, 0.25) is 0 Å². The molecule has 1 heterocycles. The average molecular weight is 172 g/mol. The van der Waals surface area contributed by atoms with Crippen LogP contribution in [0, 0.1) is 6.54 Å². The quantitative estimate of drug-likeness (QED) is 0.628. The monoisotopic (exact) mass is 172 g/mol. The molecule has 3 rings (SSSR count). The van der Waals surface area contributed by atoms with Crippen molar-refractivity contribution in [3.05, 3.63) is 41.9 Å². The van der Waals surface area contributed by atoms with Crippen molar-refractivity contribution >= 4 is 0 Å². The molecule has 0 amide bonds. The van der Waals surface area contributed by atoms with Gasteiger partial charge in [-0.1, -0.05) is 24.3 Å². The lowest BCUT2D eigenvalue weighted by Gasteiger charge is -2.27. The van der Waals surface area contributed by atoms with Crippen molar-refractivity contribution in [2.75, 3.05) is 6.54 Å². The summed E-state index contributed by atoms with van der Waals surface area (Å²) in [5.74, 6) is 0. The van der Waals surface area contributed by atoms with Gasteiger partial charge in [-0.15, -0.1) is 0 Å². The lowest BCUT2D eigenvalue weighted by Crippen LogP contribution is -2.30. The van der Waals surface area contributed by atoms with Gasteiger partial charge >= 0.3 is 0 Å². The second-order valence-electron chi connectivity index (χ2n) is 4.05. The fourth-order valence-electron chi connectivity index (χ4n) is 2.07. The molecule has 1 saturated carbocycles. The van der Waals surface area contributed by atoms with Gasteiger partial charge in [0.05, 0.1) is 6.54 Å². The van der Waals surface area contributed by atoms with Crippen molar-refractivity contribution in [3.8, 4) is 0 Å². The Kier molecular flexibility index (Phi) is 1.66. The molecule has 0 bridgehead atoms. The number of nitrogens with zero attached hydrogens (tertiary/aromatic N) is 1. The first kappa shape index (κ1) is 7.57. The summed E-state index contributed by atoms with van der Waals surface area (Å²) in [6, 6.07) is 9.61. The number of rotatable bonds is 1. The van der Waals surface area contributed by atoms with Crippen LogP contribution in [0.15, 0.2) is 24.3 Å². The number of hydrogen-bond acceptors (Lipinski definition) is 1. The summed E-state index contributed by atoms with van der Waals surface area (Å²) in [5, 5.41) is 0. The van der Waals surface area contributed by atoms with Crippen molar-refractivity contribution in [3.63, 3.8) is 0 Å². The first-order valence-corrected chi connectivity index (χ1v) is 5.12. The van der Waals surface area contributed by atoms with Crippen molar-refractivity contribution in [2.24, 2.45) is 0 Å². The molecule has 0 spiro atoms. The molecular weight excluding hydrogens is 158 g/mol. The predicted molar refractivity (Wildman–Crippen MR) is 53.3 cm³/mol. The van der Waals surface area contributed by atoms with Gasteiger partial charge in [0, 0.05) is 12.6 Å². The minimum atomic E-state index is 0.869. The maximum Gasteiger partial charge on any atom is 0.0551 e. The van der Waals surface area contributed by atoms with Crippen molar-refractivity contribution < 1.29 is 0 Å². The smallest absolute Gasteiger partial charge is 0.0551 e. The maximum absolute atomic E-state index is 2.52. The third kappa shape index (κ3) is 1.37. The molecule has 67 valence electrons. The van der Waals surface area contributed by atoms with Gasteiger partial charge in [-0.25, -0.2) is 0 Å². The molecule has 0 saturated heterocycles. The highest BCUT2D eigenvalue weighted by atomic mass is 15.2. The van der Waals surface area contributed by atoms with E-state index in [1.54, 1.807) is 0 Å². The molecule has 1 nitrogen and oxygen atoms in total. The van der Waals surface area contributed by atoms with E-state index in [4.69, 9.17) is 0 Å². The molecule has 1 radical (unpaired) electrons. The summed E-state index contributed by atoms with van der Waals surface area (Å²) in [6.45, 7) is 3.57. The first-order valence-electron chi connectivity index (χ1n) is 5.12. The van der Waals surface area contributed by atoms with Crippen LogP contribution in [-0.2, 0) is 6.42 Å². The third-order valence-electron chi connectivity index (χ3n) is 3.02. The summed E-state index contributed by atoms with van der Waals surface area (Å²) in [4.78, 5) is 2.52. The zero-order chi connectivity index (χ0) is 8.67. The SMILES string of the molecule is [CH]1c2ccccc2CCN1C1CC1. The lowest BCUT2D eigenvalue weighted by atomic mass is 10.00. The van der Waals surface area contributed by atoms with Crippen molar-refractivity contribution in [1.29, 1.82) is 0 Å². The highest BCUT2D eigenvalue weighted by molar-refractivity contribution is 5.35. The van der Waals surface area contributed by atoms with Gasteiger partial charge in [0.1, 0.15) is 0 Å². The van der Waals surface area contributed by atoms with Crippen LogP contribution in [0.25, 0.3) is 0 Å². The number of fused-ring (bicyclic) bond motifs is 1. The van der Waals surface area contributed by atoms with E-state index >= 15 is 0 Å². The van der Waals surface area contributed by atoms with Gasteiger partial charge < -0.3 is 0 Å². The first-order chi connectivity index (χ1) is 6.43. The van der Waals surface area contributed by atoms with Crippen LogP contribution < -0.4 is 0 Å². The van der Waals surface area contributed by atoms with E-state index in [0.717, 1.165) is 6.04 Å². The van der Waals surface area contributed by atoms with Crippen LogP contribution >= 0.6 is 0 Å². The van der Waals surface area contributed by atoms with Gasteiger partial charge in [-0.2, -0.15) is 0 Å². The summed E-state index contributed by atoms with van der Waals surface area (Å²) in [7, 11) is 0. The fraction of sp³-hybridized carbons (Fsp3) is 0.417. The fourth-order valence-corrected chi connectivity index (χ4v) is 2.07. The molecule has 13 heavy (non-hydrogen) atoms. The Morgan fingerprint density at radius 3 is 2.85 bits per heavy atom. The van der Waals surface area contributed by atoms with Gasteiger partial charge in [0.15, 0.2) is 0 Å². The van der Waals surface area contributed by atoms with Gasteiger partial charge in [-0.05, 0) is 30.4 Å². The van der Waals surface area contributed by atoms with Gasteiger partial charge in [-0.3, -0.25) is 4.90 Å². The van der Waals surface area contributed by atoms with Crippen LogP contribution in [0.2, 0.25) is 0 Å². The van der Waals surface area contributed by atoms with Crippen LogP contribution in [0.3, 0.4) is 0 Å². The van der Waals surface area contributed by atoms with E-state index in [9.17, 15) is 0 Å². The normalized spacial score (nSPS) is 22.8. The topological polar surface area (TPSA) is 3.24 Å². The Balaban J connectivity index is 1.85. The molecule has 1 aliphatic carbocycles. The molecule has 1 fully saturated rings. The van der Waals surface area contributed by atoms with E-state index < -0.39 is 0 Å². The Morgan fingerprint density at radius 1 is 1.15 bits per heavy atom. The minimum absolute atomic E-state index is 0.869.